The minimum Gasteiger partial charge on any atom is -0.341 e. The SMILES string of the molecule is Cc1cccc([C@@H]2CCCN(C(=O)CN3CCCC3=O)C2)c1. The molecule has 2 aliphatic rings. The molecule has 118 valence electrons. The van der Waals surface area contributed by atoms with E-state index in [2.05, 4.69) is 31.2 Å². The molecule has 1 aromatic carbocycles. The molecule has 2 fully saturated rings. The maximum Gasteiger partial charge on any atom is 0.242 e. The molecule has 0 bridgehead atoms. The Morgan fingerprint density at radius 3 is 2.86 bits per heavy atom. The van der Waals surface area contributed by atoms with Crippen molar-refractivity contribution < 1.29 is 9.59 Å². The lowest BCUT2D eigenvalue weighted by atomic mass is 9.90. The lowest BCUT2D eigenvalue weighted by molar-refractivity contribution is -0.139. The lowest BCUT2D eigenvalue weighted by Gasteiger charge is -2.34. The molecule has 2 aliphatic heterocycles. The number of hydrogen-bond acceptors (Lipinski definition) is 2. The second-order valence-corrected chi connectivity index (χ2v) is 6.51. The largest absolute Gasteiger partial charge is 0.341 e. The van der Waals surface area contributed by atoms with E-state index in [9.17, 15) is 9.59 Å². The van der Waals surface area contributed by atoms with Gasteiger partial charge in [-0.3, -0.25) is 9.59 Å². The number of aryl methyl sites for hydroxylation is 1. The maximum atomic E-state index is 12.5. The van der Waals surface area contributed by atoms with Crippen LogP contribution in [0.25, 0.3) is 0 Å². The molecule has 0 spiro atoms. The van der Waals surface area contributed by atoms with Crippen LogP contribution in [-0.2, 0) is 9.59 Å². The van der Waals surface area contributed by atoms with Crippen LogP contribution in [0, 0.1) is 6.92 Å². The lowest BCUT2D eigenvalue weighted by Crippen LogP contribution is -2.44. The Balaban J connectivity index is 1.62. The highest BCUT2D eigenvalue weighted by Crippen LogP contribution is 2.27. The van der Waals surface area contributed by atoms with Crippen molar-refractivity contribution in [1.29, 1.82) is 0 Å². The number of amides is 2. The monoisotopic (exact) mass is 300 g/mol. The highest BCUT2D eigenvalue weighted by atomic mass is 16.2. The molecule has 0 aliphatic carbocycles. The molecule has 4 heteroatoms. The molecule has 0 N–H and O–H groups in total. The highest BCUT2D eigenvalue weighted by Gasteiger charge is 2.28. The quantitative estimate of drug-likeness (QED) is 0.859. The molecule has 3 rings (SSSR count). The Bertz CT molecular complexity index is 570. The Morgan fingerprint density at radius 2 is 2.14 bits per heavy atom. The first-order valence-corrected chi connectivity index (χ1v) is 8.25. The fourth-order valence-electron chi connectivity index (χ4n) is 3.53. The predicted octanol–water partition coefficient (Wildman–Crippen LogP) is 2.32. The Morgan fingerprint density at radius 1 is 1.27 bits per heavy atom. The van der Waals surface area contributed by atoms with Gasteiger partial charge in [0.05, 0.1) is 6.54 Å². The first kappa shape index (κ1) is 15.1. The van der Waals surface area contributed by atoms with E-state index in [1.165, 1.54) is 11.1 Å². The summed E-state index contributed by atoms with van der Waals surface area (Å²) < 4.78 is 0. The molecule has 2 amide bonds. The van der Waals surface area contributed by atoms with Crippen molar-refractivity contribution in [2.45, 2.75) is 38.5 Å². The van der Waals surface area contributed by atoms with Crippen LogP contribution in [0.5, 0.6) is 0 Å². The van der Waals surface area contributed by atoms with Crippen molar-refractivity contribution in [2.75, 3.05) is 26.2 Å². The highest BCUT2D eigenvalue weighted by molar-refractivity contribution is 5.86. The van der Waals surface area contributed by atoms with Gasteiger partial charge < -0.3 is 9.80 Å². The van der Waals surface area contributed by atoms with Crippen LogP contribution in [0.4, 0.5) is 0 Å². The van der Waals surface area contributed by atoms with Gasteiger partial charge >= 0.3 is 0 Å². The molecule has 0 unspecified atom stereocenters. The third kappa shape index (κ3) is 3.32. The second-order valence-electron chi connectivity index (χ2n) is 6.51. The van der Waals surface area contributed by atoms with E-state index in [1.54, 1.807) is 4.90 Å². The molecule has 2 saturated heterocycles. The van der Waals surface area contributed by atoms with Crippen LogP contribution in [0.3, 0.4) is 0 Å². The number of benzene rings is 1. The third-order valence-corrected chi connectivity index (χ3v) is 4.79. The summed E-state index contributed by atoms with van der Waals surface area (Å²) >= 11 is 0. The van der Waals surface area contributed by atoms with Crippen LogP contribution in [-0.4, -0.2) is 47.8 Å². The summed E-state index contributed by atoms with van der Waals surface area (Å²) in [6.45, 7) is 4.71. The molecule has 0 radical (unpaired) electrons. The zero-order valence-electron chi connectivity index (χ0n) is 13.3. The minimum absolute atomic E-state index is 0.104. The average molecular weight is 300 g/mol. The van der Waals surface area contributed by atoms with Crippen LogP contribution < -0.4 is 0 Å². The summed E-state index contributed by atoms with van der Waals surface area (Å²) in [6.07, 6.45) is 3.66. The Labute approximate surface area is 132 Å². The van der Waals surface area contributed by atoms with E-state index in [-0.39, 0.29) is 18.4 Å². The molecule has 22 heavy (non-hydrogen) atoms. The number of hydrogen-bond donors (Lipinski definition) is 0. The summed E-state index contributed by atoms with van der Waals surface area (Å²) in [6, 6.07) is 8.58. The van der Waals surface area contributed by atoms with Gasteiger partial charge in [0.25, 0.3) is 0 Å². The van der Waals surface area contributed by atoms with Gasteiger partial charge in [-0.15, -0.1) is 0 Å². The van der Waals surface area contributed by atoms with Gasteiger partial charge in [0.2, 0.25) is 11.8 Å². The summed E-state index contributed by atoms with van der Waals surface area (Å²) in [5.74, 6) is 0.653. The molecular weight excluding hydrogens is 276 g/mol. The fourth-order valence-corrected chi connectivity index (χ4v) is 3.53. The number of carbonyl (C=O) groups excluding carboxylic acids is 2. The normalized spacial score (nSPS) is 22.2. The van der Waals surface area contributed by atoms with Crippen molar-refractivity contribution >= 4 is 11.8 Å². The molecule has 1 atom stereocenters. The van der Waals surface area contributed by atoms with Gasteiger partial charge in [-0.1, -0.05) is 29.8 Å². The summed E-state index contributed by atoms with van der Waals surface area (Å²) in [4.78, 5) is 27.8. The Kier molecular flexibility index (Phi) is 4.46. The first-order chi connectivity index (χ1) is 10.6. The number of carbonyl (C=O) groups is 2. The molecule has 2 heterocycles. The number of likely N-dealkylation sites (tertiary alicyclic amines) is 2. The molecule has 1 aromatic rings. The molecular formula is C18H24N2O2. The van der Waals surface area contributed by atoms with Gasteiger partial charge in [0.1, 0.15) is 0 Å². The van der Waals surface area contributed by atoms with E-state index in [1.807, 2.05) is 4.90 Å². The van der Waals surface area contributed by atoms with Gasteiger partial charge in [0, 0.05) is 32.0 Å². The van der Waals surface area contributed by atoms with Gasteiger partial charge in [-0.05, 0) is 31.7 Å². The van der Waals surface area contributed by atoms with Crippen LogP contribution in [0.1, 0.15) is 42.7 Å². The smallest absolute Gasteiger partial charge is 0.242 e. The first-order valence-electron chi connectivity index (χ1n) is 8.25. The van der Waals surface area contributed by atoms with Gasteiger partial charge in [-0.25, -0.2) is 0 Å². The van der Waals surface area contributed by atoms with E-state index in [0.29, 0.717) is 12.3 Å². The van der Waals surface area contributed by atoms with Crippen molar-refractivity contribution in [3.05, 3.63) is 35.4 Å². The van der Waals surface area contributed by atoms with E-state index in [0.717, 1.165) is 38.9 Å². The molecule has 0 aromatic heterocycles. The number of piperidine rings is 1. The van der Waals surface area contributed by atoms with Gasteiger partial charge in [-0.2, -0.15) is 0 Å². The van der Waals surface area contributed by atoms with Crippen molar-refractivity contribution in [1.82, 2.24) is 9.80 Å². The standard InChI is InChI=1S/C18H24N2O2/c1-14-5-2-6-15(11-14)16-7-3-9-19(12-16)18(22)13-20-10-4-8-17(20)21/h2,5-6,11,16H,3-4,7-10,12-13H2,1H3/t16-/m1/s1. The summed E-state index contributed by atoms with van der Waals surface area (Å²) in [7, 11) is 0. The zero-order valence-corrected chi connectivity index (χ0v) is 13.3. The van der Waals surface area contributed by atoms with Crippen LogP contribution in [0.2, 0.25) is 0 Å². The van der Waals surface area contributed by atoms with Crippen LogP contribution >= 0.6 is 0 Å². The van der Waals surface area contributed by atoms with E-state index >= 15 is 0 Å². The topological polar surface area (TPSA) is 40.6 Å². The summed E-state index contributed by atoms with van der Waals surface area (Å²) in [5.41, 5.74) is 2.60. The molecule has 4 nitrogen and oxygen atoms in total. The maximum absolute atomic E-state index is 12.5. The Hall–Kier alpha value is -1.84. The zero-order chi connectivity index (χ0) is 15.5. The van der Waals surface area contributed by atoms with Crippen molar-refractivity contribution in [3.63, 3.8) is 0 Å². The minimum atomic E-state index is 0.104. The number of rotatable bonds is 3. The van der Waals surface area contributed by atoms with Crippen molar-refractivity contribution in [2.24, 2.45) is 0 Å². The van der Waals surface area contributed by atoms with Crippen LogP contribution in [0.15, 0.2) is 24.3 Å². The fraction of sp³-hybridized carbons (Fsp3) is 0.556. The van der Waals surface area contributed by atoms with E-state index in [4.69, 9.17) is 0 Å². The summed E-state index contributed by atoms with van der Waals surface area (Å²) in [5, 5.41) is 0. The third-order valence-electron chi connectivity index (χ3n) is 4.79. The van der Waals surface area contributed by atoms with Gasteiger partial charge in [0.15, 0.2) is 0 Å². The van der Waals surface area contributed by atoms with Crippen molar-refractivity contribution in [3.8, 4) is 0 Å². The second kappa shape index (κ2) is 6.51. The molecule has 0 saturated carbocycles. The number of nitrogens with zero attached hydrogens (tertiary/aromatic N) is 2. The van der Waals surface area contributed by atoms with E-state index < -0.39 is 0 Å². The average Bonchev–Trinajstić information content (AvgIpc) is 2.92. The predicted molar refractivity (Wildman–Crippen MR) is 85.5 cm³/mol.